The minimum Gasteiger partial charge on any atom is -0.478 e. The van der Waals surface area contributed by atoms with Crippen molar-refractivity contribution in [2.75, 3.05) is 13.6 Å². The van der Waals surface area contributed by atoms with Gasteiger partial charge in [-0.25, -0.2) is 4.79 Å². The number of piperidine rings is 1. The van der Waals surface area contributed by atoms with Crippen molar-refractivity contribution >= 4 is 5.97 Å². The molecular weight excluding hydrogens is 324 g/mol. The summed E-state index contributed by atoms with van der Waals surface area (Å²) in [7, 11) is 2.18. The van der Waals surface area contributed by atoms with Gasteiger partial charge in [0.2, 0.25) is 0 Å². The number of hydrogen-bond donors (Lipinski definition) is 1. The Morgan fingerprint density at radius 2 is 1.81 bits per heavy atom. The maximum Gasteiger partial charge on any atom is 0.335 e. The number of nitrogens with zero attached hydrogens (tertiary/aromatic N) is 2. The van der Waals surface area contributed by atoms with Crippen molar-refractivity contribution in [3.63, 3.8) is 0 Å². The molecule has 1 heterocycles. The van der Waals surface area contributed by atoms with Gasteiger partial charge in [0.05, 0.1) is 5.56 Å². The Balaban J connectivity index is 1.53. The molecule has 0 spiro atoms. The van der Waals surface area contributed by atoms with Crippen LogP contribution in [0.1, 0.15) is 41.3 Å². The van der Waals surface area contributed by atoms with Gasteiger partial charge in [0.15, 0.2) is 0 Å². The molecule has 3 rings (SSSR count). The Hall–Kier alpha value is -2.17. The molecule has 1 saturated heterocycles. The highest BCUT2D eigenvalue weighted by Crippen LogP contribution is 2.24. The van der Waals surface area contributed by atoms with Crippen molar-refractivity contribution in [1.82, 2.24) is 9.80 Å². The fourth-order valence-electron chi connectivity index (χ4n) is 3.82. The Kier molecular flexibility index (Phi) is 6.07. The fourth-order valence-corrected chi connectivity index (χ4v) is 3.82. The predicted octanol–water partition coefficient (Wildman–Crippen LogP) is 3.87. The summed E-state index contributed by atoms with van der Waals surface area (Å²) in [5.41, 5.74) is 2.89. The summed E-state index contributed by atoms with van der Waals surface area (Å²) in [4.78, 5) is 15.9. The molecule has 26 heavy (non-hydrogen) atoms. The van der Waals surface area contributed by atoms with Gasteiger partial charge in [0.25, 0.3) is 0 Å². The Bertz CT molecular complexity index is 715. The van der Waals surface area contributed by atoms with E-state index in [9.17, 15) is 4.79 Å². The monoisotopic (exact) mass is 352 g/mol. The first-order valence-electron chi connectivity index (χ1n) is 9.33. The van der Waals surface area contributed by atoms with Crippen LogP contribution in [0.5, 0.6) is 0 Å². The van der Waals surface area contributed by atoms with E-state index in [1.807, 2.05) is 12.1 Å². The highest BCUT2D eigenvalue weighted by atomic mass is 16.4. The number of carbonyl (C=O) groups is 1. The molecule has 1 fully saturated rings. The van der Waals surface area contributed by atoms with E-state index in [1.165, 1.54) is 12.0 Å². The van der Waals surface area contributed by atoms with Crippen molar-refractivity contribution in [2.45, 2.75) is 44.9 Å². The normalized spacial score (nSPS) is 21.0. The van der Waals surface area contributed by atoms with Crippen molar-refractivity contribution in [3.05, 3.63) is 71.3 Å². The van der Waals surface area contributed by atoms with Gasteiger partial charge in [-0.2, -0.15) is 0 Å². The summed E-state index contributed by atoms with van der Waals surface area (Å²) in [6.07, 6.45) is 2.33. The summed E-state index contributed by atoms with van der Waals surface area (Å²) in [5.74, 6) is -0.871. The third-order valence-electron chi connectivity index (χ3n) is 5.47. The van der Waals surface area contributed by atoms with Gasteiger partial charge >= 0.3 is 5.97 Å². The number of aromatic carboxylic acids is 1. The molecule has 0 bridgehead atoms. The van der Waals surface area contributed by atoms with Crippen molar-refractivity contribution in [2.24, 2.45) is 0 Å². The van der Waals surface area contributed by atoms with Gasteiger partial charge in [-0.15, -0.1) is 0 Å². The van der Waals surface area contributed by atoms with Gasteiger partial charge in [-0.3, -0.25) is 9.80 Å². The summed E-state index contributed by atoms with van der Waals surface area (Å²) in [6, 6.07) is 19.0. The van der Waals surface area contributed by atoms with Crippen LogP contribution in [0.15, 0.2) is 54.6 Å². The minimum atomic E-state index is -0.871. The molecule has 0 aromatic heterocycles. The summed E-state index contributed by atoms with van der Waals surface area (Å²) in [5, 5.41) is 9.01. The van der Waals surface area contributed by atoms with E-state index in [4.69, 9.17) is 5.11 Å². The molecule has 2 aromatic carbocycles. The Morgan fingerprint density at radius 1 is 1.12 bits per heavy atom. The molecule has 138 valence electrons. The van der Waals surface area contributed by atoms with E-state index in [1.54, 1.807) is 12.1 Å². The van der Waals surface area contributed by atoms with Crippen LogP contribution < -0.4 is 0 Å². The molecule has 0 saturated carbocycles. The zero-order valence-electron chi connectivity index (χ0n) is 15.6. The third kappa shape index (κ3) is 4.71. The molecule has 0 aliphatic carbocycles. The van der Waals surface area contributed by atoms with Gasteiger partial charge in [-0.1, -0.05) is 42.5 Å². The standard InChI is InChI=1S/C22H28N2O2/c1-17-14-21(12-13-24(17)16-18-6-4-3-5-7-18)23(2)15-19-8-10-20(11-9-19)22(25)26/h3-11,17,21H,12-16H2,1-2H3,(H,25,26). The Labute approximate surface area is 156 Å². The van der Waals surface area contributed by atoms with E-state index in [2.05, 4.69) is 54.1 Å². The largest absolute Gasteiger partial charge is 0.478 e. The molecule has 2 aromatic rings. The lowest BCUT2D eigenvalue weighted by atomic mass is 9.96. The second kappa shape index (κ2) is 8.47. The first-order chi connectivity index (χ1) is 12.5. The van der Waals surface area contributed by atoms with Crippen LogP contribution in [0.2, 0.25) is 0 Å². The molecule has 2 unspecified atom stereocenters. The quantitative estimate of drug-likeness (QED) is 0.857. The zero-order valence-corrected chi connectivity index (χ0v) is 15.6. The van der Waals surface area contributed by atoms with E-state index >= 15 is 0 Å². The molecule has 1 aliphatic rings. The van der Waals surface area contributed by atoms with Gasteiger partial charge in [0.1, 0.15) is 0 Å². The number of benzene rings is 2. The molecule has 1 aliphatic heterocycles. The lowest BCUT2D eigenvalue weighted by Gasteiger charge is -2.41. The van der Waals surface area contributed by atoms with Crippen LogP contribution in [0, 0.1) is 0 Å². The first kappa shape index (κ1) is 18.6. The van der Waals surface area contributed by atoms with Gasteiger partial charge in [-0.05, 0) is 50.1 Å². The summed E-state index contributed by atoms with van der Waals surface area (Å²) >= 11 is 0. The number of rotatable bonds is 6. The van der Waals surface area contributed by atoms with Crippen LogP contribution in [0.3, 0.4) is 0 Å². The lowest BCUT2D eigenvalue weighted by molar-refractivity contribution is 0.0696. The van der Waals surface area contributed by atoms with E-state index in [-0.39, 0.29) is 0 Å². The van der Waals surface area contributed by atoms with Crippen LogP contribution in [0.4, 0.5) is 0 Å². The average Bonchev–Trinajstić information content (AvgIpc) is 2.64. The van der Waals surface area contributed by atoms with Crippen molar-refractivity contribution < 1.29 is 9.90 Å². The fraction of sp³-hybridized carbons (Fsp3) is 0.409. The summed E-state index contributed by atoms with van der Waals surface area (Å²) < 4.78 is 0. The second-order valence-electron chi connectivity index (χ2n) is 7.40. The highest BCUT2D eigenvalue weighted by Gasteiger charge is 2.27. The van der Waals surface area contributed by atoms with E-state index in [0.29, 0.717) is 17.6 Å². The highest BCUT2D eigenvalue weighted by molar-refractivity contribution is 5.87. The molecule has 2 atom stereocenters. The number of carboxylic acids is 1. The number of hydrogen-bond acceptors (Lipinski definition) is 3. The number of likely N-dealkylation sites (tertiary alicyclic amines) is 1. The van der Waals surface area contributed by atoms with E-state index in [0.717, 1.165) is 31.6 Å². The molecular formula is C22H28N2O2. The summed E-state index contributed by atoms with van der Waals surface area (Å²) in [6.45, 7) is 5.32. The molecule has 0 radical (unpaired) electrons. The maximum absolute atomic E-state index is 11.0. The van der Waals surface area contributed by atoms with Crippen LogP contribution in [-0.2, 0) is 13.1 Å². The predicted molar refractivity (Wildman–Crippen MR) is 104 cm³/mol. The van der Waals surface area contributed by atoms with Gasteiger partial charge < -0.3 is 5.11 Å². The smallest absolute Gasteiger partial charge is 0.335 e. The third-order valence-corrected chi connectivity index (χ3v) is 5.47. The SMILES string of the molecule is CC1CC(N(C)Cc2ccc(C(=O)O)cc2)CCN1Cc1ccccc1. The minimum absolute atomic E-state index is 0.347. The van der Waals surface area contributed by atoms with E-state index < -0.39 is 5.97 Å². The zero-order chi connectivity index (χ0) is 18.5. The first-order valence-corrected chi connectivity index (χ1v) is 9.33. The van der Waals surface area contributed by atoms with Crippen LogP contribution in [0.25, 0.3) is 0 Å². The molecule has 4 heteroatoms. The van der Waals surface area contributed by atoms with Crippen molar-refractivity contribution in [1.29, 1.82) is 0 Å². The lowest BCUT2D eigenvalue weighted by Crippen LogP contribution is -2.47. The molecule has 0 amide bonds. The Morgan fingerprint density at radius 3 is 2.42 bits per heavy atom. The molecule has 4 nitrogen and oxygen atoms in total. The van der Waals surface area contributed by atoms with Gasteiger partial charge in [0, 0.05) is 31.7 Å². The van der Waals surface area contributed by atoms with Crippen LogP contribution >= 0.6 is 0 Å². The van der Waals surface area contributed by atoms with Crippen molar-refractivity contribution in [3.8, 4) is 0 Å². The topological polar surface area (TPSA) is 43.8 Å². The van der Waals surface area contributed by atoms with Crippen LogP contribution in [-0.4, -0.2) is 46.6 Å². The second-order valence-corrected chi connectivity index (χ2v) is 7.40. The average molecular weight is 352 g/mol. The molecule has 1 N–H and O–H groups in total. The number of carboxylic acid groups (broad SMARTS) is 1. The maximum atomic E-state index is 11.0.